The summed E-state index contributed by atoms with van der Waals surface area (Å²) in [6.45, 7) is 3.04. The molecule has 9 nitrogen and oxygen atoms in total. The summed E-state index contributed by atoms with van der Waals surface area (Å²) in [4.78, 5) is 31.4. The summed E-state index contributed by atoms with van der Waals surface area (Å²) in [5.74, 6) is 0.833. The number of nitrogens with zero attached hydrogens (tertiary/aromatic N) is 4. The Balaban J connectivity index is 1.35. The first-order valence-electron chi connectivity index (χ1n) is 10.9. The minimum Gasteiger partial charge on any atom is -0.463 e. The molecule has 0 aliphatic carbocycles. The van der Waals surface area contributed by atoms with E-state index in [1.807, 2.05) is 42.6 Å². The highest BCUT2D eigenvalue weighted by atomic mass is 16.5. The Hall–Kier alpha value is -3.98. The van der Waals surface area contributed by atoms with E-state index in [0.717, 1.165) is 16.6 Å². The molecule has 0 spiro atoms. The number of carbonyl (C=O) groups is 1. The van der Waals surface area contributed by atoms with Gasteiger partial charge in [-0.3, -0.25) is 9.78 Å². The second-order valence-corrected chi connectivity index (χ2v) is 7.65. The van der Waals surface area contributed by atoms with Gasteiger partial charge in [0.05, 0.1) is 19.8 Å². The Morgan fingerprint density at radius 2 is 2.03 bits per heavy atom. The summed E-state index contributed by atoms with van der Waals surface area (Å²) in [7, 11) is 0. The number of benzene rings is 1. The number of hydrogen-bond donors (Lipinski definition) is 2. The summed E-state index contributed by atoms with van der Waals surface area (Å²) >= 11 is 0. The highest BCUT2D eigenvalue weighted by Crippen LogP contribution is 2.22. The third-order valence-electron chi connectivity index (χ3n) is 5.40. The summed E-state index contributed by atoms with van der Waals surface area (Å²) in [5.41, 5.74) is 2.45. The van der Waals surface area contributed by atoms with Crippen LogP contribution in [0.25, 0.3) is 10.9 Å². The smallest absolute Gasteiger partial charge is 0.320 e. The van der Waals surface area contributed by atoms with E-state index in [1.54, 1.807) is 18.3 Å². The Morgan fingerprint density at radius 1 is 1.12 bits per heavy atom. The van der Waals surface area contributed by atoms with Crippen LogP contribution in [0, 0.1) is 0 Å². The second kappa shape index (κ2) is 9.66. The van der Waals surface area contributed by atoms with Gasteiger partial charge in [0.25, 0.3) is 5.91 Å². The highest BCUT2D eigenvalue weighted by Gasteiger charge is 2.17. The van der Waals surface area contributed by atoms with Gasteiger partial charge in [-0.25, -0.2) is 0 Å². The molecule has 5 rings (SSSR count). The number of hydrogen-bond acceptors (Lipinski definition) is 7. The van der Waals surface area contributed by atoms with E-state index in [2.05, 4.69) is 30.2 Å². The van der Waals surface area contributed by atoms with Gasteiger partial charge in [0, 0.05) is 60.1 Å². The van der Waals surface area contributed by atoms with Gasteiger partial charge in [-0.2, -0.15) is 9.97 Å². The average Bonchev–Trinajstić information content (AvgIpc) is 3.33. The summed E-state index contributed by atoms with van der Waals surface area (Å²) in [5, 5.41) is 3.86. The number of ether oxygens (including phenoxy) is 2. The predicted molar refractivity (Wildman–Crippen MR) is 125 cm³/mol. The molecule has 168 valence electrons. The van der Waals surface area contributed by atoms with Crippen LogP contribution in [-0.4, -0.2) is 58.8 Å². The largest absolute Gasteiger partial charge is 0.463 e. The lowest BCUT2D eigenvalue weighted by atomic mass is 10.1. The predicted octanol–water partition coefficient (Wildman–Crippen LogP) is 3.06. The normalized spacial score (nSPS) is 13.8. The van der Waals surface area contributed by atoms with Crippen molar-refractivity contribution in [1.29, 1.82) is 0 Å². The molecule has 1 aromatic carbocycles. The molecule has 1 aliphatic rings. The Bertz CT molecular complexity index is 1240. The maximum absolute atomic E-state index is 12.9. The molecule has 1 amide bonds. The molecule has 33 heavy (non-hydrogen) atoms. The number of carbonyl (C=O) groups excluding carboxylic acids is 1. The molecule has 0 saturated carbocycles. The maximum Gasteiger partial charge on any atom is 0.320 e. The molecule has 1 aliphatic heterocycles. The molecular weight excluding hydrogens is 420 g/mol. The maximum atomic E-state index is 12.9. The van der Waals surface area contributed by atoms with Crippen molar-refractivity contribution in [2.45, 2.75) is 6.42 Å². The fourth-order valence-corrected chi connectivity index (χ4v) is 3.67. The second-order valence-electron chi connectivity index (χ2n) is 7.65. The first-order valence-corrected chi connectivity index (χ1v) is 10.9. The van der Waals surface area contributed by atoms with Crippen LogP contribution in [-0.2, 0) is 11.2 Å². The van der Waals surface area contributed by atoms with E-state index < -0.39 is 0 Å². The van der Waals surface area contributed by atoms with Crippen LogP contribution in [0.2, 0.25) is 0 Å². The molecule has 4 heterocycles. The zero-order valence-corrected chi connectivity index (χ0v) is 18.0. The van der Waals surface area contributed by atoms with Crippen LogP contribution < -0.4 is 15.0 Å². The van der Waals surface area contributed by atoms with Gasteiger partial charge in [0.1, 0.15) is 11.6 Å². The lowest BCUT2D eigenvalue weighted by Crippen LogP contribution is -2.37. The number of rotatable bonds is 7. The van der Waals surface area contributed by atoms with E-state index >= 15 is 0 Å². The van der Waals surface area contributed by atoms with Crippen LogP contribution in [0.15, 0.2) is 60.9 Å². The van der Waals surface area contributed by atoms with Crippen molar-refractivity contribution in [2.24, 2.45) is 0 Å². The fourth-order valence-electron chi connectivity index (χ4n) is 3.67. The SMILES string of the molecule is O=C(Nc1cc(N2CCOCC2)nc(OCCc2ccccn2)n1)c1ccc2[nH]ccc2c1. The zero-order valence-electron chi connectivity index (χ0n) is 18.0. The molecule has 3 aromatic heterocycles. The zero-order chi connectivity index (χ0) is 22.5. The number of nitrogens with one attached hydrogen (secondary N) is 2. The lowest BCUT2D eigenvalue weighted by Gasteiger charge is -2.28. The topological polar surface area (TPSA) is 105 Å². The molecule has 0 atom stereocenters. The van der Waals surface area contributed by atoms with E-state index in [9.17, 15) is 4.79 Å². The van der Waals surface area contributed by atoms with Gasteiger partial charge in [0.2, 0.25) is 0 Å². The summed E-state index contributed by atoms with van der Waals surface area (Å²) in [6, 6.07) is 15.2. The van der Waals surface area contributed by atoms with Crippen molar-refractivity contribution >= 4 is 28.4 Å². The number of aromatic nitrogens is 4. The standard InChI is InChI=1S/C24H24N6O3/c31-23(18-4-5-20-17(15-18)6-9-26-20)27-21-16-22(30-10-13-32-14-11-30)29-24(28-21)33-12-7-19-3-1-2-8-25-19/h1-6,8-9,15-16,26H,7,10-14H2,(H,27,28,29,31). The molecule has 1 saturated heterocycles. The molecule has 0 radical (unpaired) electrons. The van der Waals surface area contributed by atoms with Gasteiger partial charge < -0.3 is 24.7 Å². The Labute approximate surface area is 190 Å². The van der Waals surface area contributed by atoms with Crippen LogP contribution >= 0.6 is 0 Å². The van der Waals surface area contributed by atoms with Crippen molar-refractivity contribution in [3.05, 3.63) is 72.2 Å². The number of aromatic amines is 1. The summed E-state index contributed by atoms with van der Waals surface area (Å²) in [6.07, 6.45) is 4.23. The summed E-state index contributed by atoms with van der Waals surface area (Å²) < 4.78 is 11.3. The van der Waals surface area contributed by atoms with Gasteiger partial charge in [-0.1, -0.05) is 6.07 Å². The monoisotopic (exact) mass is 444 g/mol. The van der Waals surface area contributed by atoms with E-state index in [1.165, 1.54) is 0 Å². The van der Waals surface area contributed by atoms with Crippen molar-refractivity contribution in [3.63, 3.8) is 0 Å². The highest BCUT2D eigenvalue weighted by molar-refractivity contribution is 6.05. The molecule has 2 N–H and O–H groups in total. The van der Waals surface area contributed by atoms with Crippen LogP contribution in [0.4, 0.5) is 11.6 Å². The third kappa shape index (κ3) is 5.09. The van der Waals surface area contributed by atoms with Crippen LogP contribution in [0.3, 0.4) is 0 Å². The number of H-pyrrole nitrogens is 1. The number of pyridine rings is 1. The van der Waals surface area contributed by atoms with Crippen LogP contribution in [0.1, 0.15) is 16.1 Å². The quantitative estimate of drug-likeness (QED) is 0.451. The van der Waals surface area contributed by atoms with Crippen LogP contribution in [0.5, 0.6) is 6.01 Å². The number of anilines is 2. The molecule has 9 heteroatoms. The van der Waals surface area contributed by atoms with Gasteiger partial charge >= 0.3 is 6.01 Å². The molecular formula is C24H24N6O3. The first-order chi connectivity index (χ1) is 16.2. The van der Waals surface area contributed by atoms with Crippen molar-refractivity contribution in [3.8, 4) is 6.01 Å². The van der Waals surface area contributed by atoms with E-state index in [4.69, 9.17) is 9.47 Å². The van der Waals surface area contributed by atoms with E-state index in [0.29, 0.717) is 56.5 Å². The minimum absolute atomic E-state index is 0.214. The number of morpholine rings is 1. The Kier molecular flexibility index (Phi) is 6.12. The van der Waals surface area contributed by atoms with Crippen molar-refractivity contribution < 1.29 is 14.3 Å². The molecule has 1 fully saturated rings. The van der Waals surface area contributed by atoms with Crippen molar-refractivity contribution in [1.82, 2.24) is 19.9 Å². The van der Waals surface area contributed by atoms with Gasteiger partial charge in [0.15, 0.2) is 0 Å². The first kappa shape index (κ1) is 20.9. The number of amides is 1. The van der Waals surface area contributed by atoms with Crippen molar-refractivity contribution in [2.75, 3.05) is 43.1 Å². The minimum atomic E-state index is -0.246. The average molecular weight is 444 g/mol. The van der Waals surface area contributed by atoms with E-state index in [-0.39, 0.29) is 11.9 Å². The van der Waals surface area contributed by atoms with Gasteiger partial charge in [-0.15, -0.1) is 0 Å². The molecule has 4 aromatic rings. The third-order valence-corrected chi connectivity index (χ3v) is 5.40. The lowest BCUT2D eigenvalue weighted by molar-refractivity contribution is 0.102. The Morgan fingerprint density at radius 3 is 2.88 bits per heavy atom. The molecule has 0 unspecified atom stereocenters. The fraction of sp³-hybridized carbons (Fsp3) is 0.250. The molecule has 0 bridgehead atoms. The number of fused-ring (bicyclic) bond motifs is 1. The van der Waals surface area contributed by atoms with Gasteiger partial charge in [-0.05, 0) is 36.4 Å².